The van der Waals surface area contributed by atoms with Crippen molar-refractivity contribution in [3.63, 3.8) is 0 Å². The molecule has 0 bridgehead atoms. The smallest absolute Gasteiger partial charge is 0.253 e. The van der Waals surface area contributed by atoms with E-state index in [0.717, 1.165) is 29.7 Å². The normalized spacial score (nSPS) is 19.5. The maximum absolute atomic E-state index is 13.1. The lowest BCUT2D eigenvalue weighted by Crippen LogP contribution is -2.52. The molecule has 3 aromatic rings. The minimum atomic E-state index is -0.481. The van der Waals surface area contributed by atoms with Gasteiger partial charge in [-0.2, -0.15) is 0 Å². The summed E-state index contributed by atoms with van der Waals surface area (Å²) in [5, 5.41) is 0.942. The molecule has 1 amide bonds. The molecule has 4 heterocycles. The van der Waals surface area contributed by atoms with Crippen LogP contribution in [0.2, 0.25) is 0 Å². The number of morpholine rings is 1. The Labute approximate surface area is 163 Å². The Hall–Kier alpha value is -3.06. The Morgan fingerprint density at radius 1 is 1.11 bits per heavy atom. The molecular weight excluding hydrogens is 354 g/mol. The van der Waals surface area contributed by atoms with E-state index in [1.54, 1.807) is 18.7 Å². The Bertz CT molecular complexity index is 1020. The van der Waals surface area contributed by atoms with Crippen LogP contribution in [0, 0.1) is 0 Å². The van der Waals surface area contributed by atoms with E-state index in [9.17, 15) is 4.79 Å². The van der Waals surface area contributed by atoms with Crippen molar-refractivity contribution in [3.05, 3.63) is 60.2 Å². The number of amides is 1. The Kier molecular flexibility index (Phi) is 4.37. The number of rotatable bonds is 2. The number of hydrogen-bond acceptors (Lipinski definition) is 6. The van der Waals surface area contributed by atoms with Gasteiger partial charge in [-0.25, -0.2) is 9.97 Å². The molecule has 1 aromatic carbocycles. The highest BCUT2D eigenvalue weighted by molar-refractivity contribution is 5.89. The molecule has 0 saturated carbocycles. The summed E-state index contributed by atoms with van der Waals surface area (Å²) in [4.78, 5) is 30.0. The second-order valence-corrected chi connectivity index (χ2v) is 7.17. The Morgan fingerprint density at radius 3 is 2.93 bits per heavy atom. The second-order valence-electron chi connectivity index (χ2n) is 7.17. The van der Waals surface area contributed by atoms with Gasteiger partial charge in [0.05, 0.1) is 24.9 Å². The van der Waals surface area contributed by atoms with Crippen molar-refractivity contribution in [3.8, 4) is 0 Å². The van der Waals surface area contributed by atoms with E-state index in [4.69, 9.17) is 4.74 Å². The highest BCUT2D eigenvalue weighted by atomic mass is 16.5. The third kappa shape index (κ3) is 3.07. The van der Waals surface area contributed by atoms with Crippen LogP contribution in [0.1, 0.15) is 11.1 Å². The fourth-order valence-corrected chi connectivity index (χ4v) is 4.02. The lowest BCUT2D eigenvalue weighted by atomic mass is 9.99. The summed E-state index contributed by atoms with van der Waals surface area (Å²) >= 11 is 0. The molecule has 1 saturated heterocycles. The molecule has 0 radical (unpaired) electrons. The molecule has 2 aliphatic heterocycles. The van der Waals surface area contributed by atoms with Crippen LogP contribution < -0.4 is 4.90 Å². The van der Waals surface area contributed by atoms with Crippen LogP contribution in [0.5, 0.6) is 0 Å². The van der Waals surface area contributed by atoms with E-state index in [-0.39, 0.29) is 5.91 Å². The zero-order chi connectivity index (χ0) is 18.9. The molecule has 2 aliphatic rings. The molecule has 2 aromatic heterocycles. The average Bonchev–Trinajstić information content (AvgIpc) is 2.78. The first-order valence-electron chi connectivity index (χ1n) is 9.56. The molecule has 1 unspecified atom stereocenters. The maximum atomic E-state index is 13.1. The maximum Gasteiger partial charge on any atom is 0.253 e. The fourth-order valence-electron chi connectivity index (χ4n) is 4.02. The summed E-state index contributed by atoms with van der Waals surface area (Å²) in [6, 6.07) is 10.2. The molecule has 142 valence electrons. The number of aromatic nitrogens is 3. The van der Waals surface area contributed by atoms with E-state index in [1.165, 1.54) is 11.1 Å². The summed E-state index contributed by atoms with van der Waals surface area (Å²) in [6.45, 7) is 3.07. The number of fused-ring (bicyclic) bond motifs is 2. The van der Waals surface area contributed by atoms with Crippen LogP contribution in [-0.4, -0.2) is 58.1 Å². The van der Waals surface area contributed by atoms with E-state index in [0.29, 0.717) is 26.2 Å². The lowest BCUT2D eigenvalue weighted by Gasteiger charge is -2.37. The number of pyridine rings is 1. The number of ether oxygens (including phenoxy) is 1. The number of hydrogen-bond donors (Lipinski definition) is 0. The molecular formula is C21H21N5O2. The van der Waals surface area contributed by atoms with Crippen LogP contribution in [0.15, 0.2) is 49.1 Å². The highest BCUT2D eigenvalue weighted by Crippen LogP contribution is 2.25. The monoisotopic (exact) mass is 375 g/mol. The summed E-state index contributed by atoms with van der Waals surface area (Å²) in [5.41, 5.74) is 3.36. The molecule has 28 heavy (non-hydrogen) atoms. The van der Waals surface area contributed by atoms with Crippen LogP contribution in [0.4, 0.5) is 5.82 Å². The van der Waals surface area contributed by atoms with Gasteiger partial charge < -0.3 is 14.5 Å². The van der Waals surface area contributed by atoms with Crippen LogP contribution in [-0.2, 0) is 22.5 Å². The first-order chi connectivity index (χ1) is 13.8. The highest BCUT2D eigenvalue weighted by Gasteiger charge is 2.32. The molecule has 0 aliphatic carbocycles. The minimum Gasteiger partial charge on any atom is -0.365 e. The van der Waals surface area contributed by atoms with Crippen molar-refractivity contribution in [2.24, 2.45) is 0 Å². The van der Waals surface area contributed by atoms with Crippen LogP contribution in [0.3, 0.4) is 0 Å². The van der Waals surface area contributed by atoms with Crippen molar-refractivity contribution in [2.45, 2.75) is 19.1 Å². The predicted molar refractivity (Wildman–Crippen MR) is 105 cm³/mol. The summed E-state index contributed by atoms with van der Waals surface area (Å²) in [5.74, 6) is 0.886. The van der Waals surface area contributed by atoms with Gasteiger partial charge in [-0.3, -0.25) is 9.78 Å². The van der Waals surface area contributed by atoms with Gasteiger partial charge in [0.2, 0.25) is 0 Å². The first kappa shape index (κ1) is 17.1. The van der Waals surface area contributed by atoms with Gasteiger partial charge in [0.25, 0.3) is 5.91 Å². The number of carbonyl (C=O) groups is 1. The van der Waals surface area contributed by atoms with Gasteiger partial charge in [-0.05, 0) is 23.6 Å². The second kappa shape index (κ2) is 7.16. The minimum absolute atomic E-state index is 0.0548. The summed E-state index contributed by atoms with van der Waals surface area (Å²) in [6.07, 6.45) is 5.43. The Balaban J connectivity index is 1.35. The Morgan fingerprint density at radius 2 is 2.00 bits per heavy atom. The van der Waals surface area contributed by atoms with E-state index >= 15 is 0 Å². The van der Waals surface area contributed by atoms with Gasteiger partial charge in [-0.15, -0.1) is 0 Å². The molecule has 7 nitrogen and oxygen atoms in total. The van der Waals surface area contributed by atoms with Crippen molar-refractivity contribution < 1.29 is 9.53 Å². The number of carbonyl (C=O) groups excluding carboxylic acids is 1. The molecule has 1 atom stereocenters. The molecule has 0 spiro atoms. The number of benzene rings is 1. The molecule has 0 N–H and O–H groups in total. The summed E-state index contributed by atoms with van der Waals surface area (Å²) < 4.78 is 5.86. The van der Waals surface area contributed by atoms with Gasteiger partial charge in [0.15, 0.2) is 6.10 Å². The standard InChI is InChI=1S/C21H21N5O2/c27-21(26-8-6-15-3-1-2-4-16(15)12-26)19-13-25(9-10-28-19)20-17-5-7-22-11-18(17)23-14-24-20/h1-5,7,11,14,19H,6,8-10,12-13H2. The SMILES string of the molecule is O=C(C1CN(c2ncnc3cnccc23)CCO1)N1CCc2ccccc2C1. The largest absolute Gasteiger partial charge is 0.365 e. The quantitative estimate of drug-likeness (QED) is 0.680. The van der Waals surface area contributed by atoms with Crippen molar-refractivity contribution in [1.82, 2.24) is 19.9 Å². The predicted octanol–water partition coefficient (Wildman–Crippen LogP) is 1.81. The average molecular weight is 375 g/mol. The van der Waals surface area contributed by atoms with Gasteiger partial charge >= 0.3 is 0 Å². The molecule has 1 fully saturated rings. The van der Waals surface area contributed by atoms with E-state index < -0.39 is 6.10 Å². The first-order valence-corrected chi connectivity index (χ1v) is 9.56. The lowest BCUT2D eigenvalue weighted by molar-refractivity contribution is -0.145. The van der Waals surface area contributed by atoms with Gasteiger partial charge in [0.1, 0.15) is 12.1 Å². The fraction of sp³-hybridized carbons (Fsp3) is 0.333. The van der Waals surface area contributed by atoms with Crippen molar-refractivity contribution in [2.75, 3.05) is 31.1 Å². The summed E-state index contributed by atoms with van der Waals surface area (Å²) in [7, 11) is 0. The molecule has 7 heteroatoms. The van der Waals surface area contributed by atoms with E-state index in [2.05, 4.69) is 38.1 Å². The van der Waals surface area contributed by atoms with Crippen molar-refractivity contribution >= 4 is 22.6 Å². The van der Waals surface area contributed by atoms with Gasteiger partial charge in [-0.1, -0.05) is 24.3 Å². The van der Waals surface area contributed by atoms with Crippen LogP contribution >= 0.6 is 0 Å². The topological polar surface area (TPSA) is 71.5 Å². The number of nitrogens with zero attached hydrogens (tertiary/aromatic N) is 5. The zero-order valence-corrected chi connectivity index (χ0v) is 15.5. The van der Waals surface area contributed by atoms with E-state index in [1.807, 2.05) is 17.0 Å². The van der Waals surface area contributed by atoms with Crippen molar-refractivity contribution in [1.29, 1.82) is 0 Å². The number of anilines is 1. The third-order valence-electron chi connectivity index (χ3n) is 5.50. The van der Waals surface area contributed by atoms with Gasteiger partial charge in [0, 0.05) is 31.2 Å². The van der Waals surface area contributed by atoms with Crippen LogP contribution in [0.25, 0.3) is 10.9 Å². The third-order valence-corrected chi connectivity index (χ3v) is 5.50. The zero-order valence-electron chi connectivity index (χ0n) is 15.5. The molecule has 5 rings (SSSR count).